The van der Waals surface area contributed by atoms with E-state index < -0.39 is 21.5 Å². The number of amides is 1. The number of carbonyl (C=O) groups is 2. The molecule has 0 saturated carbocycles. The fourth-order valence-corrected chi connectivity index (χ4v) is 3.21. The molecule has 0 aromatic carbocycles. The van der Waals surface area contributed by atoms with Crippen molar-refractivity contribution in [1.29, 1.82) is 0 Å². The zero-order valence-corrected chi connectivity index (χ0v) is 14.2. The van der Waals surface area contributed by atoms with Gasteiger partial charge in [0.15, 0.2) is 0 Å². The number of piperidine rings is 1. The molecule has 5 nitrogen and oxygen atoms in total. The minimum atomic E-state index is -1.45. The van der Waals surface area contributed by atoms with Crippen LogP contribution in [0, 0.1) is 5.41 Å². The molecule has 1 atom stereocenters. The van der Waals surface area contributed by atoms with Crippen molar-refractivity contribution < 1.29 is 18.9 Å². The SMILES string of the molecule is C/C(=C\C(=O)N1CCC(C(=O)O)([S@@](C)=O)CC1)C(C)(C)C. The topological polar surface area (TPSA) is 74.7 Å². The highest BCUT2D eigenvalue weighted by molar-refractivity contribution is 7.86. The fraction of sp³-hybridized carbons (Fsp3) is 0.733. The number of carbonyl (C=O) groups excluding carboxylic acids is 1. The van der Waals surface area contributed by atoms with E-state index in [1.165, 1.54) is 6.26 Å². The Morgan fingerprint density at radius 2 is 1.71 bits per heavy atom. The van der Waals surface area contributed by atoms with Gasteiger partial charge in [0.05, 0.1) is 0 Å². The molecule has 0 unspecified atom stereocenters. The van der Waals surface area contributed by atoms with Crippen LogP contribution >= 0.6 is 0 Å². The smallest absolute Gasteiger partial charge is 0.322 e. The highest BCUT2D eigenvalue weighted by Crippen LogP contribution is 2.29. The maximum Gasteiger partial charge on any atom is 0.322 e. The molecule has 0 aromatic heterocycles. The number of allylic oxidation sites excluding steroid dienone is 1. The van der Waals surface area contributed by atoms with Gasteiger partial charge in [0, 0.05) is 36.2 Å². The van der Waals surface area contributed by atoms with Crippen LogP contribution in [0.2, 0.25) is 0 Å². The monoisotopic (exact) mass is 315 g/mol. The van der Waals surface area contributed by atoms with Crippen LogP contribution in [0.3, 0.4) is 0 Å². The van der Waals surface area contributed by atoms with Gasteiger partial charge in [-0.25, -0.2) is 0 Å². The third-order valence-electron chi connectivity index (χ3n) is 4.35. The minimum Gasteiger partial charge on any atom is -0.480 e. The third kappa shape index (κ3) is 3.93. The molecular weight excluding hydrogens is 290 g/mol. The zero-order chi connectivity index (χ0) is 16.4. The lowest BCUT2D eigenvalue weighted by molar-refractivity contribution is -0.143. The van der Waals surface area contributed by atoms with E-state index in [1.807, 2.05) is 27.7 Å². The average molecular weight is 315 g/mol. The first kappa shape index (κ1) is 17.9. The average Bonchev–Trinajstić information content (AvgIpc) is 2.36. The number of rotatable bonds is 3. The Bertz CT molecular complexity index is 466. The van der Waals surface area contributed by atoms with Crippen molar-refractivity contribution in [3.63, 3.8) is 0 Å². The lowest BCUT2D eigenvalue weighted by Crippen LogP contribution is -2.52. The molecule has 120 valence electrons. The summed E-state index contributed by atoms with van der Waals surface area (Å²) >= 11 is 0. The largest absolute Gasteiger partial charge is 0.480 e. The number of hydrogen-bond donors (Lipinski definition) is 1. The number of carboxylic acid groups (broad SMARTS) is 1. The molecule has 0 aliphatic carbocycles. The fourth-order valence-electron chi connectivity index (χ4n) is 2.21. The van der Waals surface area contributed by atoms with Crippen molar-refractivity contribution in [2.24, 2.45) is 5.41 Å². The molecule has 1 aliphatic rings. The number of likely N-dealkylation sites (tertiary alicyclic amines) is 1. The second-order valence-corrected chi connectivity index (χ2v) is 8.35. The highest BCUT2D eigenvalue weighted by atomic mass is 32.2. The maximum atomic E-state index is 12.2. The van der Waals surface area contributed by atoms with Crippen molar-refractivity contribution in [3.8, 4) is 0 Å². The second kappa shape index (κ2) is 6.30. The van der Waals surface area contributed by atoms with E-state index in [0.717, 1.165) is 5.57 Å². The molecule has 1 aliphatic heterocycles. The quantitative estimate of drug-likeness (QED) is 0.806. The van der Waals surface area contributed by atoms with Crippen LogP contribution in [0.4, 0.5) is 0 Å². The van der Waals surface area contributed by atoms with Crippen LogP contribution in [-0.2, 0) is 20.4 Å². The lowest BCUT2D eigenvalue weighted by Gasteiger charge is -2.37. The highest BCUT2D eigenvalue weighted by Gasteiger charge is 2.45. The molecule has 0 radical (unpaired) electrons. The van der Waals surface area contributed by atoms with Gasteiger partial charge in [0.25, 0.3) is 0 Å². The molecular formula is C15H25NO4S. The summed E-state index contributed by atoms with van der Waals surface area (Å²) in [5.41, 5.74) is 0.919. The summed E-state index contributed by atoms with van der Waals surface area (Å²) in [5, 5.41) is 9.33. The summed E-state index contributed by atoms with van der Waals surface area (Å²) in [6.45, 7) is 8.70. The Morgan fingerprint density at radius 3 is 2.05 bits per heavy atom. The first-order valence-corrected chi connectivity index (χ1v) is 8.61. The molecule has 1 fully saturated rings. The van der Waals surface area contributed by atoms with Gasteiger partial charge in [-0.2, -0.15) is 0 Å². The second-order valence-electron chi connectivity index (χ2n) is 6.66. The summed E-state index contributed by atoms with van der Waals surface area (Å²) in [6, 6.07) is 0. The molecule has 1 saturated heterocycles. The van der Waals surface area contributed by atoms with Crippen LogP contribution in [0.25, 0.3) is 0 Å². The normalized spacial score (nSPS) is 21.0. The Hall–Kier alpha value is -1.17. The molecule has 0 aromatic rings. The van der Waals surface area contributed by atoms with Crippen molar-refractivity contribution >= 4 is 22.7 Å². The predicted molar refractivity (Wildman–Crippen MR) is 83.5 cm³/mol. The summed E-state index contributed by atoms with van der Waals surface area (Å²) in [5.74, 6) is -1.12. The summed E-state index contributed by atoms with van der Waals surface area (Å²) < 4.78 is 10.6. The van der Waals surface area contributed by atoms with E-state index in [2.05, 4.69) is 0 Å². The first-order chi connectivity index (χ1) is 9.50. The summed E-state index contributed by atoms with van der Waals surface area (Å²) in [7, 11) is -1.45. The predicted octanol–water partition coefficient (Wildman–Crippen LogP) is 1.80. The van der Waals surface area contributed by atoms with E-state index in [1.54, 1.807) is 11.0 Å². The van der Waals surface area contributed by atoms with E-state index in [9.17, 15) is 18.9 Å². The molecule has 0 spiro atoms. The zero-order valence-electron chi connectivity index (χ0n) is 13.4. The van der Waals surface area contributed by atoms with Crippen LogP contribution in [0.15, 0.2) is 11.6 Å². The first-order valence-electron chi connectivity index (χ1n) is 7.05. The summed E-state index contributed by atoms with van der Waals surface area (Å²) in [6.07, 6.45) is 3.52. The van der Waals surface area contributed by atoms with E-state index in [-0.39, 0.29) is 24.2 Å². The number of hydrogen-bond acceptors (Lipinski definition) is 3. The Kier molecular flexibility index (Phi) is 5.36. The van der Waals surface area contributed by atoms with Crippen LogP contribution < -0.4 is 0 Å². The minimum absolute atomic E-state index is 0.0683. The van der Waals surface area contributed by atoms with Gasteiger partial charge < -0.3 is 10.0 Å². The van der Waals surface area contributed by atoms with Gasteiger partial charge in [-0.15, -0.1) is 0 Å². The molecule has 1 rings (SSSR count). The van der Waals surface area contributed by atoms with Crippen molar-refractivity contribution in [2.75, 3.05) is 19.3 Å². The Labute approximate surface area is 128 Å². The Morgan fingerprint density at radius 1 is 1.24 bits per heavy atom. The molecule has 1 N–H and O–H groups in total. The van der Waals surface area contributed by atoms with Crippen LogP contribution in [-0.4, -0.2) is 50.2 Å². The summed E-state index contributed by atoms with van der Waals surface area (Å²) in [4.78, 5) is 25.3. The standard InChI is InChI=1S/C15H25NO4S/c1-11(14(2,3)4)10-12(17)16-8-6-15(7-9-16,13(18)19)21(5)20/h10H,6-9H2,1-5H3,(H,18,19)/b11-10+/t21-/m1/s1. The number of carboxylic acids is 1. The van der Waals surface area contributed by atoms with E-state index in [4.69, 9.17) is 0 Å². The van der Waals surface area contributed by atoms with Crippen LogP contribution in [0.1, 0.15) is 40.5 Å². The van der Waals surface area contributed by atoms with E-state index >= 15 is 0 Å². The third-order valence-corrected chi connectivity index (χ3v) is 6.03. The van der Waals surface area contributed by atoms with Crippen molar-refractivity contribution in [1.82, 2.24) is 4.90 Å². The van der Waals surface area contributed by atoms with E-state index in [0.29, 0.717) is 13.1 Å². The van der Waals surface area contributed by atoms with Crippen LogP contribution in [0.5, 0.6) is 0 Å². The maximum absolute atomic E-state index is 12.2. The molecule has 0 bridgehead atoms. The number of aliphatic carboxylic acids is 1. The van der Waals surface area contributed by atoms with Gasteiger partial charge in [-0.05, 0) is 25.2 Å². The lowest BCUT2D eigenvalue weighted by atomic mass is 9.87. The van der Waals surface area contributed by atoms with Gasteiger partial charge in [-0.1, -0.05) is 26.3 Å². The van der Waals surface area contributed by atoms with Gasteiger partial charge in [0.2, 0.25) is 5.91 Å². The molecule has 1 amide bonds. The molecule has 1 heterocycles. The Balaban J connectivity index is 2.80. The van der Waals surface area contributed by atoms with Gasteiger partial charge in [-0.3, -0.25) is 13.8 Å². The molecule has 6 heteroatoms. The van der Waals surface area contributed by atoms with Crippen molar-refractivity contribution in [3.05, 3.63) is 11.6 Å². The molecule has 21 heavy (non-hydrogen) atoms. The van der Waals surface area contributed by atoms with Gasteiger partial charge >= 0.3 is 5.97 Å². The van der Waals surface area contributed by atoms with Crippen molar-refractivity contribution in [2.45, 2.75) is 45.3 Å². The number of nitrogens with zero attached hydrogens (tertiary/aromatic N) is 1. The van der Waals surface area contributed by atoms with Gasteiger partial charge in [0.1, 0.15) is 4.75 Å².